The molecule has 2 aromatic rings. The molecule has 0 aliphatic carbocycles. The predicted molar refractivity (Wildman–Crippen MR) is 110 cm³/mol. The summed E-state index contributed by atoms with van der Waals surface area (Å²) in [6, 6.07) is 12.3. The molecular weight excluding hydrogens is 383 g/mol. The Hall–Kier alpha value is -1.86. The van der Waals surface area contributed by atoms with Crippen molar-refractivity contribution in [3.05, 3.63) is 65.0 Å². The van der Waals surface area contributed by atoms with E-state index in [0.717, 1.165) is 22.0 Å². The molecule has 2 atom stereocenters. The molecule has 2 aromatic carbocycles. The second-order valence-electron chi connectivity index (χ2n) is 7.18. The summed E-state index contributed by atoms with van der Waals surface area (Å²) in [7, 11) is -3.07. The molecule has 142 valence electrons. The van der Waals surface area contributed by atoms with Gasteiger partial charge in [-0.25, -0.2) is 12.8 Å². The normalized spacial score (nSPS) is 23.4. The molecule has 0 unspecified atom stereocenters. The molecule has 2 aliphatic heterocycles. The molecule has 0 saturated carbocycles. The number of rotatable bonds is 3. The van der Waals surface area contributed by atoms with Crippen LogP contribution in [-0.4, -0.2) is 37.2 Å². The van der Waals surface area contributed by atoms with Gasteiger partial charge in [-0.2, -0.15) is 0 Å². The van der Waals surface area contributed by atoms with Crippen LogP contribution in [0.3, 0.4) is 0 Å². The third kappa shape index (κ3) is 3.75. The van der Waals surface area contributed by atoms with Crippen LogP contribution in [0, 0.1) is 19.7 Å². The van der Waals surface area contributed by atoms with E-state index >= 15 is 0 Å². The molecule has 0 spiro atoms. The number of hydrogen-bond donors (Lipinski definition) is 0. The van der Waals surface area contributed by atoms with Gasteiger partial charge < -0.3 is 4.90 Å². The van der Waals surface area contributed by atoms with Gasteiger partial charge in [0.1, 0.15) is 5.82 Å². The van der Waals surface area contributed by atoms with E-state index in [9.17, 15) is 12.8 Å². The van der Waals surface area contributed by atoms with Gasteiger partial charge in [0, 0.05) is 11.4 Å². The smallest absolute Gasteiger partial charge is 0.164 e. The number of hydrogen-bond acceptors (Lipinski definition) is 5. The van der Waals surface area contributed by atoms with E-state index in [1.807, 2.05) is 12.1 Å². The summed E-state index contributed by atoms with van der Waals surface area (Å²) < 4.78 is 37.7. The van der Waals surface area contributed by atoms with E-state index in [-0.39, 0.29) is 29.4 Å². The Labute approximate surface area is 163 Å². The Bertz CT molecular complexity index is 1020. The van der Waals surface area contributed by atoms with Gasteiger partial charge in [0.25, 0.3) is 0 Å². The first-order valence-electron chi connectivity index (χ1n) is 8.84. The van der Waals surface area contributed by atoms with Crippen molar-refractivity contribution in [3.8, 4) is 0 Å². The van der Waals surface area contributed by atoms with Crippen molar-refractivity contribution in [2.24, 2.45) is 4.99 Å². The summed E-state index contributed by atoms with van der Waals surface area (Å²) in [5.41, 5.74) is 4.20. The SMILES string of the molecule is Cc1ccc(N2C(SCc3cccc(F)c3)=N[C@H]3CS(=O)(=O)C[C@@H]32)cc1C. The molecule has 27 heavy (non-hydrogen) atoms. The van der Waals surface area contributed by atoms with Gasteiger partial charge in [-0.1, -0.05) is 30.0 Å². The molecule has 1 fully saturated rings. The molecule has 0 amide bonds. The Kier molecular flexibility index (Phi) is 4.76. The van der Waals surface area contributed by atoms with E-state index < -0.39 is 9.84 Å². The maximum atomic E-state index is 13.4. The van der Waals surface area contributed by atoms with E-state index in [0.29, 0.717) is 5.75 Å². The van der Waals surface area contributed by atoms with Crippen LogP contribution in [0.2, 0.25) is 0 Å². The average Bonchev–Trinajstić information content (AvgIpc) is 3.07. The lowest BCUT2D eigenvalue weighted by atomic mass is 10.1. The van der Waals surface area contributed by atoms with Crippen molar-refractivity contribution < 1.29 is 12.8 Å². The number of aliphatic imine (C=N–C) groups is 1. The number of thioether (sulfide) groups is 1. The van der Waals surface area contributed by atoms with Crippen LogP contribution in [0.4, 0.5) is 10.1 Å². The van der Waals surface area contributed by atoms with Crippen LogP contribution in [0.25, 0.3) is 0 Å². The average molecular weight is 405 g/mol. The summed E-state index contributed by atoms with van der Waals surface area (Å²) in [4.78, 5) is 6.79. The number of sulfone groups is 1. The Morgan fingerprint density at radius 2 is 1.96 bits per heavy atom. The zero-order valence-electron chi connectivity index (χ0n) is 15.2. The monoisotopic (exact) mass is 404 g/mol. The lowest BCUT2D eigenvalue weighted by Gasteiger charge is -2.27. The van der Waals surface area contributed by atoms with E-state index in [4.69, 9.17) is 4.99 Å². The molecule has 1 saturated heterocycles. The second-order valence-corrected chi connectivity index (χ2v) is 10.3. The van der Waals surface area contributed by atoms with Gasteiger partial charge in [-0.05, 0) is 54.8 Å². The second kappa shape index (κ2) is 6.95. The lowest BCUT2D eigenvalue weighted by Crippen LogP contribution is -2.39. The summed E-state index contributed by atoms with van der Waals surface area (Å²) >= 11 is 1.53. The molecule has 4 nitrogen and oxygen atoms in total. The number of anilines is 1. The zero-order valence-corrected chi connectivity index (χ0v) is 16.9. The van der Waals surface area contributed by atoms with Gasteiger partial charge >= 0.3 is 0 Å². The molecule has 7 heteroatoms. The highest BCUT2D eigenvalue weighted by Crippen LogP contribution is 2.36. The van der Waals surface area contributed by atoms with Gasteiger partial charge in [0.2, 0.25) is 0 Å². The van der Waals surface area contributed by atoms with Gasteiger partial charge in [-0.15, -0.1) is 0 Å². The highest BCUT2D eigenvalue weighted by Gasteiger charge is 2.47. The fraction of sp³-hybridized carbons (Fsp3) is 0.350. The minimum absolute atomic E-state index is 0.100. The maximum Gasteiger partial charge on any atom is 0.164 e. The number of aryl methyl sites for hydroxylation is 2. The summed E-state index contributed by atoms with van der Waals surface area (Å²) in [5, 5.41) is 0.812. The molecule has 0 N–H and O–H groups in total. The topological polar surface area (TPSA) is 49.7 Å². The van der Waals surface area contributed by atoms with Crippen LogP contribution in [0.5, 0.6) is 0 Å². The highest BCUT2D eigenvalue weighted by atomic mass is 32.2. The number of benzene rings is 2. The first kappa shape index (κ1) is 18.5. The molecular formula is C20H21FN2O2S2. The first-order chi connectivity index (χ1) is 12.8. The van der Waals surface area contributed by atoms with Crippen LogP contribution >= 0.6 is 11.8 Å². The summed E-state index contributed by atoms with van der Waals surface area (Å²) in [5.74, 6) is 0.557. The van der Waals surface area contributed by atoms with Crippen molar-refractivity contribution in [1.29, 1.82) is 0 Å². The van der Waals surface area contributed by atoms with Gasteiger partial charge in [-0.3, -0.25) is 4.99 Å². The number of fused-ring (bicyclic) bond motifs is 1. The number of halogens is 1. The van der Waals surface area contributed by atoms with E-state index in [2.05, 4.69) is 30.9 Å². The quantitative estimate of drug-likeness (QED) is 0.782. The zero-order chi connectivity index (χ0) is 19.2. The van der Waals surface area contributed by atoms with Crippen LogP contribution < -0.4 is 4.90 Å². The third-order valence-corrected chi connectivity index (χ3v) is 7.87. The minimum Gasteiger partial charge on any atom is -0.315 e. The van der Waals surface area contributed by atoms with Crippen LogP contribution in [-0.2, 0) is 15.6 Å². The van der Waals surface area contributed by atoms with E-state index in [1.54, 1.807) is 6.07 Å². The summed E-state index contributed by atoms with van der Waals surface area (Å²) in [6.07, 6.45) is 0. The van der Waals surface area contributed by atoms with Gasteiger partial charge in [0.15, 0.2) is 15.0 Å². The molecule has 0 bridgehead atoms. The van der Waals surface area contributed by atoms with Crippen molar-refractivity contribution >= 4 is 32.5 Å². The van der Waals surface area contributed by atoms with Crippen LogP contribution in [0.15, 0.2) is 47.5 Å². The van der Waals surface area contributed by atoms with Crippen LogP contribution in [0.1, 0.15) is 16.7 Å². The number of amidine groups is 1. The number of nitrogens with zero attached hydrogens (tertiary/aromatic N) is 2. The molecule has 2 heterocycles. The highest BCUT2D eigenvalue weighted by molar-refractivity contribution is 8.13. The molecule has 0 radical (unpaired) electrons. The molecule has 0 aromatic heterocycles. The largest absolute Gasteiger partial charge is 0.315 e. The van der Waals surface area contributed by atoms with Gasteiger partial charge in [0.05, 0.1) is 23.6 Å². The Balaban J connectivity index is 1.64. The van der Waals surface area contributed by atoms with Crippen molar-refractivity contribution in [1.82, 2.24) is 0 Å². The van der Waals surface area contributed by atoms with Crippen molar-refractivity contribution in [3.63, 3.8) is 0 Å². The fourth-order valence-electron chi connectivity index (χ4n) is 3.59. The maximum absolute atomic E-state index is 13.4. The standard InChI is InChI=1S/C20H21FN2O2S2/c1-13-6-7-17(8-14(13)2)23-19-12-27(24,25)11-18(19)22-20(23)26-10-15-4-3-5-16(21)9-15/h3-9,18-19H,10-12H2,1-2H3/t18-,19-/m0/s1. The minimum atomic E-state index is -3.07. The summed E-state index contributed by atoms with van der Waals surface area (Å²) in [6.45, 7) is 4.11. The predicted octanol–water partition coefficient (Wildman–Crippen LogP) is 3.72. The van der Waals surface area contributed by atoms with E-state index in [1.165, 1.54) is 29.5 Å². The lowest BCUT2D eigenvalue weighted by molar-refractivity contribution is 0.601. The Morgan fingerprint density at radius 3 is 2.70 bits per heavy atom. The van der Waals surface area contributed by atoms with Crippen molar-refractivity contribution in [2.45, 2.75) is 31.7 Å². The molecule has 4 rings (SSSR count). The molecule has 2 aliphatic rings. The first-order valence-corrected chi connectivity index (χ1v) is 11.6. The Morgan fingerprint density at radius 1 is 1.15 bits per heavy atom. The van der Waals surface area contributed by atoms with Crippen molar-refractivity contribution in [2.75, 3.05) is 16.4 Å². The third-order valence-electron chi connectivity index (χ3n) is 5.13. The fourth-order valence-corrected chi connectivity index (χ4v) is 6.49.